The van der Waals surface area contributed by atoms with E-state index in [-0.39, 0.29) is 4.66 Å². The molecule has 0 amide bonds. The van der Waals surface area contributed by atoms with Gasteiger partial charge in [0.15, 0.2) is 7.38 Å². The van der Waals surface area contributed by atoms with Crippen LogP contribution in [0.5, 0.6) is 0 Å². The molecule has 0 spiro atoms. The first kappa shape index (κ1) is 16.5. The number of nitrogens with zero attached hydrogens (tertiary/aromatic N) is 1. The van der Waals surface area contributed by atoms with Crippen LogP contribution in [0.1, 0.15) is 11.3 Å². The van der Waals surface area contributed by atoms with Crippen molar-refractivity contribution < 1.29 is 0 Å². The zero-order valence-electron chi connectivity index (χ0n) is 13.5. The highest BCUT2D eigenvalue weighted by Gasteiger charge is 2.57. The maximum atomic E-state index is 7.14. The summed E-state index contributed by atoms with van der Waals surface area (Å²) in [6.07, 6.45) is 1.89. The maximum Gasteiger partial charge on any atom is 0.164 e. The van der Waals surface area contributed by atoms with E-state index in [1.54, 1.807) is 0 Å². The van der Waals surface area contributed by atoms with E-state index in [0.29, 0.717) is 0 Å². The molecule has 4 heteroatoms. The van der Waals surface area contributed by atoms with Gasteiger partial charge < -0.3 is 0 Å². The first-order valence-electron chi connectivity index (χ1n) is 7.37. The van der Waals surface area contributed by atoms with Crippen molar-refractivity contribution in [2.45, 2.75) is 37.4 Å². The number of aromatic nitrogens is 1. The van der Waals surface area contributed by atoms with Crippen LogP contribution in [0.2, 0.25) is 32.7 Å². The first-order chi connectivity index (χ1) is 9.71. The zero-order chi connectivity index (χ0) is 15.7. The van der Waals surface area contributed by atoms with Crippen molar-refractivity contribution in [3.63, 3.8) is 0 Å². The van der Waals surface area contributed by atoms with Crippen LogP contribution in [0.4, 0.5) is 0 Å². The lowest BCUT2D eigenvalue weighted by Gasteiger charge is -2.50. The minimum Gasteiger partial charge on any atom is -0.261 e. The summed E-state index contributed by atoms with van der Waals surface area (Å²) in [4.78, 5) is 4.75. The van der Waals surface area contributed by atoms with Gasteiger partial charge in [0.2, 0.25) is 0 Å². The van der Waals surface area contributed by atoms with Gasteiger partial charge in [-0.3, -0.25) is 4.98 Å². The molecule has 2 rings (SSSR count). The highest BCUT2D eigenvalue weighted by atomic mass is 35.6. The molecule has 0 N–H and O–H groups in total. The summed E-state index contributed by atoms with van der Waals surface area (Å²) in [5.74, 6) is 0. The normalized spacial score (nSPS) is 15.5. The van der Waals surface area contributed by atoms with Gasteiger partial charge in [0.25, 0.3) is 0 Å². The third kappa shape index (κ3) is 2.74. The second-order valence-electron chi connectivity index (χ2n) is 7.05. The number of rotatable bonds is 4. The third-order valence-corrected chi connectivity index (χ3v) is 14.8. The molecule has 0 saturated carbocycles. The Bertz CT molecular complexity index is 530. The van der Waals surface area contributed by atoms with Crippen molar-refractivity contribution in [1.82, 2.24) is 4.98 Å². The maximum absolute atomic E-state index is 7.14. The molecule has 1 aromatic heterocycles. The van der Waals surface area contributed by atoms with Crippen LogP contribution in [0.25, 0.3) is 0 Å². The summed E-state index contributed by atoms with van der Waals surface area (Å²) in [7, 11) is -3.77. The van der Waals surface area contributed by atoms with Crippen molar-refractivity contribution in [3.8, 4) is 0 Å². The lowest BCUT2D eigenvalue weighted by atomic mass is 10.1. The van der Waals surface area contributed by atoms with Crippen molar-refractivity contribution in [2.24, 2.45) is 0 Å². The van der Waals surface area contributed by atoms with E-state index in [9.17, 15) is 0 Å². The molecule has 0 fully saturated rings. The molecule has 21 heavy (non-hydrogen) atoms. The van der Waals surface area contributed by atoms with E-state index >= 15 is 0 Å². The molecule has 1 aromatic carbocycles. The second-order valence-corrected chi connectivity index (χ2v) is 19.3. The molecule has 112 valence electrons. The molecule has 0 aliphatic rings. The minimum atomic E-state index is -2.08. The standard InChI is InChI=1S/C17H24ClNSi2/c1-20(2,3)17(21(4,5)18,15-11-7-6-8-12-15)16-13-9-10-14-19-16/h6-14H,1-5H3/t17-/m0/s1. The second kappa shape index (κ2) is 5.71. The minimum absolute atomic E-state index is 0.107. The largest absolute Gasteiger partial charge is 0.261 e. The van der Waals surface area contributed by atoms with Gasteiger partial charge >= 0.3 is 0 Å². The van der Waals surface area contributed by atoms with Gasteiger partial charge in [0, 0.05) is 16.6 Å². The fraction of sp³-hybridized carbons (Fsp3) is 0.353. The van der Waals surface area contributed by atoms with Crippen LogP contribution in [0, 0.1) is 0 Å². The Morgan fingerprint density at radius 3 is 1.86 bits per heavy atom. The molecule has 0 radical (unpaired) electrons. The van der Waals surface area contributed by atoms with Crippen LogP contribution in [0.3, 0.4) is 0 Å². The zero-order valence-corrected chi connectivity index (χ0v) is 16.3. The van der Waals surface area contributed by atoms with Gasteiger partial charge in [-0.2, -0.15) is 11.1 Å². The van der Waals surface area contributed by atoms with Gasteiger partial charge in [0.05, 0.1) is 8.07 Å². The van der Waals surface area contributed by atoms with Crippen molar-refractivity contribution in [1.29, 1.82) is 0 Å². The third-order valence-electron chi connectivity index (χ3n) is 4.27. The molecule has 2 aromatic rings. The summed E-state index contributed by atoms with van der Waals surface area (Å²) in [6, 6.07) is 17.0. The van der Waals surface area contributed by atoms with Gasteiger partial charge in [-0.15, -0.1) is 0 Å². The van der Waals surface area contributed by atoms with Crippen LogP contribution < -0.4 is 0 Å². The monoisotopic (exact) mass is 333 g/mol. The number of pyridine rings is 1. The fourth-order valence-electron chi connectivity index (χ4n) is 3.78. The van der Waals surface area contributed by atoms with Crippen LogP contribution in [-0.4, -0.2) is 20.4 Å². The average molecular weight is 334 g/mol. The molecular formula is C17H24ClNSi2. The molecule has 0 bridgehead atoms. The number of benzene rings is 1. The Kier molecular flexibility index (Phi) is 4.47. The number of halogens is 1. The fourth-order valence-corrected chi connectivity index (χ4v) is 17.6. The predicted molar refractivity (Wildman–Crippen MR) is 98.1 cm³/mol. The van der Waals surface area contributed by atoms with Crippen LogP contribution in [-0.2, 0) is 4.66 Å². The van der Waals surface area contributed by atoms with Gasteiger partial charge in [-0.1, -0.05) is 69.1 Å². The Morgan fingerprint density at radius 1 is 0.857 bits per heavy atom. The molecule has 0 unspecified atom stereocenters. The molecule has 0 saturated heterocycles. The lowest BCUT2D eigenvalue weighted by molar-refractivity contribution is 0.880. The average Bonchev–Trinajstić information content (AvgIpc) is 2.38. The van der Waals surface area contributed by atoms with Gasteiger partial charge in [0.1, 0.15) is 0 Å². The summed E-state index contributed by atoms with van der Waals surface area (Å²) >= 11 is 7.14. The highest BCUT2D eigenvalue weighted by Crippen LogP contribution is 2.48. The topological polar surface area (TPSA) is 12.9 Å². The van der Waals surface area contributed by atoms with E-state index < -0.39 is 15.5 Å². The molecular weight excluding hydrogens is 310 g/mol. The quantitative estimate of drug-likeness (QED) is 0.551. The molecule has 1 nitrogen and oxygen atoms in total. The molecule has 1 atom stereocenters. The SMILES string of the molecule is C[Si](C)(C)[C@](c1ccccc1)(c1ccccn1)[Si](C)(C)Cl. The smallest absolute Gasteiger partial charge is 0.164 e. The number of hydrogen-bond acceptors (Lipinski definition) is 1. The van der Waals surface area contributed by atoms with Crippen LogP contribution in [0.15, 0.2) is 54.7 Å². The molecule has 0 aliphatic heterocycles. The molecule has 0 aliphatic carbocycles. The highest BCUT2D eigenvalue weighted by molar-refractivity contribution is 7.26. The van der Waals surface area contributed by atoms with E-state index in [4.69, 9.17) is 16.1 Å². The van der Waals surface area contributed by atoms with Gasteiger partial charge in [-0.25, -0.2) is 0 Å². The Hall–Kier alpha value is -0.906. The van der Waals surface area contributed by atoms with Crippen molar-refractivity contribution in [3.05, 3.63) is 66.0 Å². The first-order valence-corrected chi connectivity index (χ1v) is 14.9. The predicted octanol–water partition coefficient (Wildman–Crippen LogP) is 5.23. The Morgan fingerprint density at radius 2 is 1.43 bits per heavy atom. The number of hydrogen-bond donors (Lipinski definition) is 0. The van der Waals surface area contributed by atoms with E-state index in [1.807, 2.05) is 12.3 Å². The molecule has 1 heterocycles. The van der Waals surface area contributed by atoms with E-state index in [0.717, 1.165) is 5.69 Å². The Labute approximate surface area is 135 Å². The Balaban J connectivity index is 2.87. The van der Waals surface area contributed by atoms with E-state index in [2.05, 4.69) is 75.2 Å². The summed E-state index contributed by atoms with van der Waals surface area (Å²) in [5, 5.41) is 0. The van der Waals surface area contributed by atoms with Crippen molar-refractivity contribution in [2.75, 3.05) is 0 Å². The van der Waals surface area contributed by atoms with E-state index in [1.165, 1.54) is 5.56 Å². The lowest BCUT2D eigenvalue weighted by Crippen LogP contribution is -2.63. The van der Waals surface area contributed by atoms with Crippen LogP contribution >= 0.6 is 11.1 Å². The summed E-state index contributed by atoms with van der Waals surface area (Å²) < 4.78 is -0.107. The summed E-state index contributed by atoms with van der Waals surface area (Å²) in [6.45, 7) is 11.7. The van der Waals surface area contributed by atoms with Gasteiger partial charge in [-0.05, 0) is 17.7 Å². The summed E-state index contributed by atoms with van der Waals surface area (Å²) in [5.41, 5.74) is 2.47. The van der Waals surface area contributed by atoms with Crippen molar-refractivity contribution >= 4 is 26.5 Å².